The van der Waals surface area contributed by atoms with Crippen molar-refractivity contribution in [2.24, 2.45) is 0 Å². The molecule has 1 N–H and O–H groups in total. The highest BCUT2D eigenvalue weighted by Crippen LogP contribution is 2.35. The first-order valence-electron chi connectivity index (χ1n) is 10.4. The van der Waals surface area contributed by atoms with Gasteiger partial charge in [-0.15, -0.1) is 0 Å². The molecule has 0 saturated carbocycles. The molecule has 0 radical (unpaired) electrons. The normalized spacial score (nSPS) is 12.9. The SMILES string of the molecule is CC(C)(C)c1ccc(P(c2ccc(C(C)(C)C)cc2)c2cccc(S(=O)(=O)O)c2)cc1. The Morgan fingerprint density at radius 1 is 0.645 bits per heavy atom. The van der Waals surface area contributed by atoms with E-state index in [4.69, 9.17) is 0 Å². The van der Waals surface area contributed by atoms with Crippen LogP contribution in [0.15, 0.2) is 77.7 Å². The first-order chi connectivity index (χ1) is 14.3. The van der Waals surface area contributed by atoms with E-state index >= 15 is 0 Å². The second-order valence-electron chi connectivity index (χ2n) is 9.90. The first kappa shape index (κ1) is 23.7. The lowest BCUT2D eigenvalue weighted by atomic mass is 9.87. The molecule has 0 aromatic heterocycles. The molecule has 0 spiro atoms. The van der Waals surface area contributed by atoms with Crippen LogP contribution < -0.4 is 15.9 Å². The van der Waals surface area contributed by atoms with E-state index in [9.17, 15) is 13.0 Å². The maximum absolute atomic E-state index is 11.8. The monoisotopic (exact) mass is 454 g/mol. The average Bonchev–Trinajstić information content (AvgIpc) is 2.67. The van der Waals surface area contributed by atoms with E-state index in [1.165, 1.54) is 17.2 Å². The lowest BCUT2D eigenvalue weighted by molar-refractivity contribution is 0.483. The maximum Gasteiger partial charge on any atom is 0.294 e. The van der Waals surface area contributed by atoms with E-state index in [1.54, 1.807) is 12.1 Å². The number of benzene rings is 3. The van der Waals surface area contributed by atoms with E-state index < -0.39 is 18.0 Å². The molecule has 0 heterocycles. The Morgan fingerprint density at radius 2 is 1.06 bits per heavy atom. The molecule has 3 rings (SSSR count). The fourth-order valence-electron chi connectivity index (χ4n) is 3.45. The predicted molar refractivity (Wildman–Crippen MR) is 132 cm³/mol. The van der Waals surface area contributed by atoms with Crippen molar-refractivity contribution in [3.8, 4) is 0 Å². The molecule has 0 aliphatic rings. The van der Waals surface area contributed by atoms with E-state index in [0.29, 0.717) is 0 Å². The van der Waals surface area contributed by atoms with E-state index in [-0.39, 0.29) is 15.7 Å². The average molecular weight is 455 g/mol. The minimum absolute atomic E-state index is 0.0561. The van der Waals surface area contributed by atoms with Gasteiger partial charge in [0, 0.05) is 0 Å². The molecule has 0 fully saturated rings. The summed E-state index contributed by atoms with van der Waals surface area (Å²) in [6.45, 7) is 13.1. The fourth-order valence-corrected chi connectivity index (χ4v) is 6.36. The van der Waals surface area contributed by atoms with Crippen molar-refractivity contribution < 1.29 is 13.0 Å². The topological polar surface area (TPSA) is 54.4 Å². The van der Waals surface area contributed by atoms with Gasteiger partial charge in [-0.1, -0.05) is 102 Å². The van der Waals surface area contributed by atoms with Gasteiger partial charge in [0.1, 0.15) is 0 Å². The molecule has 164 valence electrons. The Kier molecular flexibility index (Phi) is 6.49. The predicted octanol–water partition coefficient (Wildman–Crippen LogP) is 5.29. The van der Waals surface area contributed by atoms with Crippen molar-refractivity contribution in [1.29, 1.82) is 0 Å². The van der Waals surface area contributed by atoms with Crippen LogP contribution in [0.3, 0.4) is 0 Å². The van der Waals surface area contributed by atoms with E-state index in [0.717, 1.165) is 15.9 Å². The van der Waals surface area contributed by atoms with Crippen molar-refractivity contribution in [3.63, 3.8) is 0 Å². The van der Waals surface area contributed by atoms with Gasteiger partial charge in [0.15, 0.2) is 0 Å². The standard InChI is InChI=1S/C26H31O3PS/c1-25(2,3)19-10-14-21(15-11-19)30(22-16-12-20(13-17-22)26(4,5)6)23-8-7-9-24(18-23)31(27,28)29/h7-18H,1-6H3,(H,27,28,29). The number of hydrogen-bond donors (Lipinski definition) is 1. The van der Waals surface area contributed by atoms with Gasteiger partial charge in [-0.3, -0.25) is 4.55 Å². The van der Waals surface area contributed by atoms with Gasteiger partial charge in [-0.2, -0.15) is 8.42 Å². The molecule has 0 amide bonds. The van der Waals surface area contributed by atoms with Crippen LogP contribution in [0.4, 0.5) is 0 Å². The summed E-state index contributed by atoms with van der Waals surface area (Å²) in [6, 6.07) is 23.8. The second-order valence-corrected chi connectivity index (χ2v) is 13.5. The Morgan fingerprint density at radius 3 is 1.42 bits per heavy atom. The Hall–Kier alpha value is -2.00. The second kappa shape index (κ2) is 8.50. The van der Waals surface area contributed by atoms with Crippen LogP contribution in [0.2, 0.25) is 0 Å². The molecule has 0 bridgehead atoms. The lowest BCUT2D eigenvalue weighted by Gasteiger charge is -2.24. The summed E-state index contributed by atoms with van der Waals surface area (Å²) in [6.07, 6.45) is 0. The maximum atomic E-state index is 11.8. The minimum atomic E-state index is -4.27. The largest absolute Gasteiger partial charge is 0.294 e. The highest BCUT2D eigenvalue weighted by Gasteiger charge is 2.22. The third-order valence-electron chi connectivity index (χ3n) is 5.36. The molecule has 3 aromatic carbocycles. The van der Waals surface area contributed by atoms with Gasteiger partial charge >= 0.3 is 0 Å². The number of rotatable bonds is 4. The van der Waals surface area contributed by atoms with Crippen molar-refractivity contribution in [3.05, 3.63) is 83.9 Å². The van der Waals surface area contributed by atoms with Crippen LogP contribution in [0.25, 0.3) is 0 Å². The summed E-state index contributed by atoms with van der Waals surface area (Å²) in [5, 5.41) is 3.16. The number of hydrogen-bond acceptors (Lipinski definition) is 2. The molecular formula is C26H31O3PS. The molecule has 0 aliphatic carbocycles. The smallest absolute Gasteiger partial charge is 0.282 e. The van der Waals surface area contributed by atoms with Crippen LogP contribution in [-0.4, -0.2) is 13.0 Å². The summed E-state index contributed by atoms with van der Waals surface area (Å²) in [4.78, 5) is -0.0740. The Labute approximate surface area is 188 Å². The zero-order valence-corrected chi connectivity index (χ0v) is 20.8. The van der Waals surface area contributed by atoms with Crippen molar-refractivity contribution >= 4 is 34.0 Å². The molecule has 3 nitrogen and oxygen atoms in total. The van der Waals surface area contributed by atoms with Gasteiger partial charge in [0.2, 0.25) is 0 Å². The van der Waals surface area contributed by atoms with E-state index in [2.05, 4.69) is 90.1 Å². The molecule has 0 unspecified atom stereocenters. The lowest BCUT2D eigenvalue weighted by Crippen LogP contribution is -2.23. The van der Waals surface area contributed by atoms with Crippen LogP contribution >= 0.6 is 7.92 Å². The zero-order valence-electron chi connectivity index (χ0n) is 19.0. The molecule has 5 heteroatoms. The van der Waals surface area contributed by atoms with Crippen LogP contribution in [0, 0.1) is 0 Å². The van der Waals surface area contributed by atoms with Gasteiger partial charge in [0.25, 0.3) is 10.1 Å². The van der Waals surface area contributed by atoms with E-state index in [1.807, 2.05) is 6.07 Å². The highest BCUT2D eigenvalue weighted by molar-refractivity contribution is 7.86. The quantitative estimate of drug-likeness (QED) is 0.431. The zero-order chi connectivity index (χ0) is 23.0. The molecular weight excluding hydrogens is 423 g/mol. The molecule has 0 atom stereocenters. The minimum Gasteiger partial charge on any atom is -0.282 e. The third kappa shape index (κ3) is 5.63. The Balaban J connectivity index is 2.15. The van der Waals surface area contributed by atoms with Gasteiger partial charge < -0.3 is 0 Å². The van der Waals surface area contributed by atoms with Crippen molar-refractivity contribution in [2.45, 2.75) is 57.3 Å². The van der Waals surface area contributed by atoms with Crippen LogP contribution in [0.5, 0.6) is 0 Å². The summed E-state index contributed by atoms with van der Waals surface area (Å²) in [7, 11) is -5.25. The first-order valence-corrected chi connectivity index (χ1v) is 13.1. The highest BCUT2D eigenvalue weighted by atomic mass is 32.2. The van der Waals surface area contributed by atoms with Gasteiger partial charge in [-0.05, 0) is 57.9 Å². The van der Waals surface area contributed by atoms with Crippen LogP contribution in [0.1, 0.15) is 52.7 Å². The third-order valence-corrected chi connectivity index (χ3v) is 8.63. The van der Waals surface area contributed by atoms with Crippen molar-refractivity contribution in [1.82, 2.24) is 0 Å². The van der Waals surface area contributed by atoms with Crippen LogP contribution in [-0.2, 0) is 20.9 Å². The van der Waals surface area contributed by atoms with Crippen molar-refractivity contribution in [2.75, 3.05) is 0 Å². The summed E-state index contributed by atoms with van der Waals surface area (Å²) >= 11 is 0. The summed E-state index contributed by atoms with van der Waals surface area (Å²) in [5.41, 5.74) is 2.61. The van der Waals surface area contributed by atoms with Gasteiger partial charge in [-0.25, -0.2) is 0 Å². The summed E-state index contributed by atoms with van der Waals surface area (Å²) < 4.78 is 33.1. The van der Waals surface area contributed by atoms with Gasteiger partial charge in [0.05, 0.1) is 4.90 Å². The molecule has 31 heavy (non-hydrogen) atoms. The summed E-state index contributed by atoms with van der Waals surface area (Å²) in [5.74, 6) is 0. The Bertz CT molecular complexity index is 1090. The molecule has 0 aliphatic heterocycles. The molecule has 0 saturated heterocycles. The molecule has 3 aromatic rings. The fraction of sp³-hybridized carbons (Fsp3) is 0.308.